The van der Waals surface area contributed by atoms with Crippen LogP contribution in [0, 0.1) is 5.92 Å². The lowest BCUT2D eigenvalue weighted by molar-refractivity contribution is -0.00228. The van der Waals surface area contributed by atoms with E-state index in [4.69, 9.17) is 14.0 Å². The first-order valence-electron chi connectivity index (χ1n) is 13.8. The van der Waals surface area contributed by atoms with Gasteiger partial charge in [0.05, 0.1) is 24.9 Å². The van der Waals surface area contributed by atoms with Crippen LogP contribution in [0.5, 0.6) is 0 Å². The third-order valence-corrected chi connectivity index (χ3v) is 10.3. The van der Waals surface area contributed by atoms with Crippen molar-refractivity contribution in [3.8, 4) is 0 Å². The molecule has 2 unspecified atom stereocenters. The van der Waals surface area contributed by atoms with Gasteiger partial charge in [0.2, 0.25) is 10.0 Å². The molecule has 4 fully saturated rings. The molecule has 2 amide bonds. The van der Waals surface area contributed by atoms with E-state index in [0.29, 0.717) is 31.8 Å². The lowest BCUT2D eigenvalue weighted by Gasteiger charge is -2.39. The van der Waals surface area contributed by atoms with Crippen molar-refractivity contribution in [2.45, 2.75) is 108 Å². The molecule has 0 radical (unpaired) electrons. The molecule has 1 aromatic heterocycles. The van der Waals surface area contributed by atoms with Gasteiger partial charge < -0.3 is 24.6 Å². The van der Waals surface area contributed by atoms with Crippen LogP contribution < -0.4 is 10.6 Å². The van der Waals surface area contributed by atoms with Gasteiger partial charge in [-0.15, -0.1) is 0 Å². The Balaban J connectivity index is 1.10. The summed E-state index contributed by atoms with van der Waals surface area (Å²) in [5, 5.41) is 9.89. The maximum Gasteiger partial charge on any atom is 0.407 e. The first-order valence-corrected chi connectivity index (χ1v) is 15.4. The predicted molar refractivity (Wildman–Crippen MR) is 138 cm³/mol. The third-order valence-electron chi connectivity index (χ3n) is 8.14. The zero-order valence-corrected chi connectivity index (χ0v) is 23.3. The molecule has 38 heavy (non-hydrogen) atoms. The zero-order valence-electron chi connectivity index (χ0n) is 22.5. The van der Waals surface area contributed by atoms with Gasteiger partial charge in [-0.2, -0.15) is 4.31 Å². The largest absolute Gasteiger partial charge is 0.444 e. The monoisotopic (exact) mass is 552 g/mol. The smallest absolute Gasteiger partial charge is 0.407 e. The number of carbonyl (C=O) groups is 2. The summed E-state index contributed by atoms with van der Waals surface area (Å²) >= 11 is 0. The van der Waals surface area contributed by atoms with Crippen molar-refractivity contribution >= 4 is 22.0 Å². The zero-order chi connectivity index (χ0) is 27.1. The third kappa shape index (κ3) is 6.34. The Morgan fingerprint density at radius 2 is 1.68 bits per heavy atom. The Bertz CT molecular complexity index is 1100. The molecule has 3 saturated heterocycles. The maximum atomic E-state index is 13.5. The van der Waals surface area contributed by atoms with Crippen molar-refractivity contribution < 1.29 is 32.0 Å². The second-order valence-electron chi connectivity index (χ2n) is 12.3. The number of piperidine rings is 1. The maximum absolute atomic E-state index is 13.5. The van der Waals surface area contributed by atoms with Crippen LogP contribution in [-0.4, -0.2) is 78.6 Å². The summed E-state index contributed by atoms with van der Waals surface area (Å²) in [7, 11) is -3.42. The lowest BCUT2D eigenvalue weighted by atomic mass is 9.87. The highest BCUT2D eigenvalue weighted by Gasteiger charge is 2.47. The molecule has 1 aromatic rings. The van der Waals surface area contributed by atoms with E-state index in [9.17, 15) is 18.0 Å². The van der Waals surface area contributed by atoms with Crippen LogP contribution in [-0.2, 0) is 19.5 Å². The average molecular weight is 553 g/mol. The molecule has 3 aliphatic heterocycles. The van der Waals surface area contributed by atoms with Crippen LogP contribution in [0.25, 0.3) is 0 Å². The molecule has 1 aliphatic carbocycles. The Hall–Kier alpha value is -2.18. The number of nitrogens with one attached hydrogen (secondary N) is 2. The summed E-state index contributed by atoms with van der Waals surface area (Å²) < 4.78 is 44.6. The fraction of sp³-hybridized carbons (Fsp3) is 0.808. The number of nitrogens with zero attached hydrogens (tertiary/aromatic N) is 2. The first-order chi connectivity index (χ1) is 18.0. The molecule has 2 bridgehead atoms. The SMILES string of the molecule is CC(C)(C)OC(=O)NC1CCC(CS(=O)(=O)N2C3CC[C@H]2CC(NC(=O)c2cc(C4COC4)on2)C3)CC1. The van der Waals surface area contributed by atoms with Crippen LogP contribution in [0.2, 0.25) is 0 Å². The molecular weight excluding hydrogens is 512 g/mol. The van der Waals surface area contributed by atoms with Crippen LogP contribution in [0.4, 0.5) is 4.79 Å². The minimum absolute atomic E-state index is 0.0159. The number of carbonyl (C=O) groups excluding carboxylic acids is 2. The van der Waals surface area contributed by atoms with Crippen LogP contribution in [0.15, 0.2) is 10.6 Å². The number of hydrogen-bond acceptors (Lipinski definition) is 8. The van der Waals surface area contributed by atoms with Crippen molar-refractivity contribution in [3.05, 3.63) is 17.5 Å². The fourth-order valence-corrected chi connectivity index (χ4v) is 8.68. The van der Waals surface area contributed by atoms with E-state index in [1.807, 2.05) is 20.8 Å². The van der Waals surface area contributed by atoms with E-state index in [1.165, 1.54) is 0 Å². The summed E-state index contributed by atoms with van der Waals surface area (Å²) in [6.07, 6.45) is 5.44. The van der Waals surface area contributed by atoms with Crippen molar-refractivity contribution in [2.75, 3.05) is 19.0 Å². The highest BCUT2D eigenvalue weighted by molar-refractivity contribution is 7.89. The molecule has 0 spiro atoms. The average Bonchev–Trinajstić information content (AvgIpc) is 3.36. The van der Waals surface area contributed by atoms with Gasteiger partial charge in [-0.25, -0.2) is 13.2 Å². The van der Waals surface area contributed by atoms with Gasteiger partial charge in [-0.1, -0.05) is 5.16 Å². The van der Waals surface area contributed by atoms with Crippen LogP contribution in [0.1, 0.15) is 94.3 Å². The molecular formula is C26H40N4O7S. The predicted octanol–water partition coefficient (Wildman–Crippen LogP) is 2.93. The molecule has 212 valence electrons. The van der Waals surface area contributed by atoms with Gasteiger partial charge >= 0.3 is 6.09 Å². The lowest BCUT2D eigenvalue weighted by Crippen LogP contribution is -2.53. The molecule has 0 aromatic carbocycles. The second-order valence-corrected chi connectivity index (χ2v) is 14.3. The summed E-state index contributed by atoms with van der Waals surface area (Å²) in [5.74, 6) is 0.762. The molecule has 3 atom stereocenters. The van der Waals surface area contributed by atoms with Gasteiger partial charge in [-0.05, 0) is 78.1 Å². The van der Waals surface area contributed by atoms with E-state index < -0.39 is 21.7 Å². The Morgan fingerprint density at radius 3 is 2.26 bits per heavy atom. The molecule has 5 rings (SSSR count). The van der Waals surface area contributed by atoms with Gasteiger partial charge in [0.1, 0.15) is 11.4 Å². The highest BCUT2D eigenvalue weighted by atomic mass is 32.2. The number of sulfonamides is 1. The number of hydrogen-bond donors (Lipinski definition) is 2. The number of fused-ring (bicyclic) bond motifs is 2. The summed E-state index contributed by atoms with van der Waals surface area (Å²) in [6, 6.07) is 1.42. The number of rotatable bonds is 7. The van der Waals surface area contributed by atoms with Gasteiger partial charge in [-0.3, -0.25) is 4.79 Å². The highest BCUT2D eigenvalue weighted by Crippen LogP contribution is 2.39. The number of alkyl carbamates (subject to hydrolysis) is 1. The quantitative estimate of drug-likeness (QED) is 0.526. The summed E-state index contributed by atoms with van der Waals surface area (Å²) in [4.78, 5) is 24.8. The van der Waals surface area contributed by atoms with E-state index in [1.54, 1.807) is 10.4 Å². The van der Waals surface area contributed by atoms with E-state index >= 15 is 0 Å². The molecule has 1 saturated carbocycles. The minimum atomic E-state index is -3.42. The number of ether oxygens (including phenoxy) is 2. The van der Waals surface area contributed by atoms with Gasteiger partial charge in [0, 0.05) is 30.2 Å². The van der Waals surface area contributed by atoms with Gasteiger partial charge in [0.25, 0.3) is 5.91 Å². The summed E-state index contributed by atoms with van der Waals surface area (Å²) in [5.41, 5.74) is -0.290. The van der Waals surface area contributed by atoms with Crippen molar-refractivity contribution in [2.24, 2.45) is 5.92 Å². The van der Waals surface area contributed by atoms with Crippen LogP contribution >= 0.6 is 0 Å². The van der Waals surface area contributed by atoms with Crippen molar-refractivity contribution in [1.29, 1.82) is 0 Å². The standard InChI is InChI=1S/C26H40N4O7S/c1-26(2,3)36-25(32)28-18-6-4-16(5-7-18)15-38(33,34)30-20-8-9-21(30)11-19(10-20)27-24(31)22-12-23(37-29-22)17-13-35-14-17/h12,16-21H,4-11,13-15H2,1-3H3,(H,27,31)(H,28,32)/t16?,18?,19?,20-,21?/m0/s1. The number of amides is 2. The van der Waals surface area contributed by atoms with Crippen molar-refractivity contribution in [3.63, 3.8) is 0 Å². The molecule has 12 heteroatoms. The summed E-state index contributed by atoms with van der Waals surface area (Å²) in [6.45, 7) is 6.65. The van der Waals surface area contributed by atoms with E-state index in [-0.39, 0.29) is 53.4 Å². The van der Waals surface area contributed by atoms with Gasteiger partial charge in [0.15, 0.2) is 5.69 Å². The first kappa shape index (κ1) is 27.4. The number of aromatic nitrogens is 1. The normalized spacial score (nSPS) is 30.4. The van der Waals surface area contributed by atoms with E-state index in [0.717, 1.165) is 38.5 Å². The fourth-order valence-electron chi connectivity index (χ4n) is 6.29. The van der Waals surface area contributed by atoms with E-state index in [2.05, 4.69) is 15.8 Å². The Kier molecular flexibility index (Phi) is 7.76. The van der Waals surface area contributed by atoms with Crippen LogP contribution in [0.3, 0.4) is 0 Å². The molecule has 11 nitrogen and oxygen atoms in total. The van der Waals surface area contributed by atoms with Crippen molar-refractivity contribution in [1.82, 2.24) is 20.1 Å². The Morgan fingerprint density at radius 1 is 1.03 bits per heavy atom. The molecule has 2 N–H and O–H groups in total. The second kappa shape index (κ2) is 10.8. The molecule has 4 aliphatic rings. The Labute approximate surface area is 224 Å². The topological polar surface area (TPSA) is 140 Å². The minimum Gasteiger partial charge on any atom is -0.444 e. The molecule has 4 heterocycles.